The van der Waals surface area contributed by atoms with Crippen LogP contribution in [0.3, 0.4) is 0 Å². The average molecular weight is 249 g/mol. The predicted molar refractivity (Wildman–Crippen MR) is 73.3 cm³/mol. The predicted octanol–water partition coefficient (Wildman–Crippen LogP) is 1.47. The Morgan fingerprint density at radius 2 is 1.94 bits per heavy atom. The van der Waals surface area contributed by atoms with Gasteiger partial charge in [0.15, 0.2) is 0 Å². The van der Waals surface area contributed by atoms with E-state index in [0.29, 0.717) is 6.54 Å². The molecule has 18 heavy (non-hydrogen) atoms. The lowest BCUT2D eigenvalue weighted by molar-refractivity contribution is -0.123. The smallest absolute Gasteiger partial charge is 0.234 e. The van der Waals surface area contributed by atoms with Crippen molar-refractivity contribution < 1.29 is 4.79 Å². The van der Waals surface area contributed by atoms with Gasteiger partial charge in [0, 0.05) is 24.5 Å². The van der Waals surface area contributed by atoms with Crippen molar-refractivity contribution in [1.82, 2.24) is 15.2 Å². The molecule has 1 aromatic heterocycles. The average Bonchev–Trinajstić information content (AvgIpc) is 2.25. The van der Waals surface area contributed by atoms with E-state index in [2.05, 4.69) is 10.3 Å². The highest BCUT2D eigenvalue weighted by atomic mass is 16.2. The summed E-state index contributed by atoms with van der Waals surface area (Å²) in [5.74, 6) is 0.0692. The van der Waals surface area contributed by atoms with Crippen LogP contribution in [0, 0.1) is 0 Å². The molecule has 1 N–H and O–H groups in total. The number of hydrogen-bond acceptors (Lipinski definition) is 3. The van der Waals surface area contributed by atoms with E-state index in [1.807, 2.05) is 44.9 Å². The van der Waals surface area contributed by atoms with Gasteiger partial charge >= 0.3 is 0 Å². The van der Waals surface area contributed by atoms with Crippen molar-refractivity contribution in [1.29, 1.82) is 0 Å². The largest absolute Gasteiger partial charge is 0.350 e. The van der Waals surface area contributed by atoms with Crippen LogP contribution in [0.15, 0.2) is 24.5 Å². The summed E-state index contributed by atoms with van der Waals surface area (Å²) in [4.78, 5) is 17.7. The van der Waals surface area contributed by atoms with Gasteiger partial charge in [0.05, 0.1) is 6.54 Å². The monoisotopic (exact) mass is 249 g/mol. The van der Waals surface area contributed by atoms with E-state index in [4.69, 9.17) is 0 Å². The molecule has 0 unspecified atom stereocenters. The van der Waals surface area contributed by atoms with Crippen LogP contribution in [0.2, 0.25) is 0 Å². The van der Waals surface area contributed by atoms with Gasteiger partial charge in [0.1, 0.15) is 0 Å². The highest BCUT2D eigenvalue weighted by Gasteiger charge is 2.14. The van der Waals surface area contributed by atoms with Gasteiger partial charge in [-0.05, 0) is 51.9 Å². The van der Waals surface area contributed by atoms with Gasteiger partial charge in [-0.3, -0.25) is 14.7 Å². The first-order valence-corrected chi connectivity index (χ1v) is 6.25. The Kier molecular flexibility index (Phi) is 5.28. The zero-order chi connectivity index (χ0) is 13.6. The molecular formula is C14H23N3O. The van der Waals surface area contributed by atoms with E-state index in [9.17, 15) is 4.79 Å². The number of rotatable bonds is 5. The molecule has 0 aliphatic carbocycles. The van der Waals surface area contributed by atoms with Crippen LogP contribution < -0.4 is 5.32 Å². The van der Waals surface area contributed by atoms with Crippen molar-refractivity contribution in [3.8, 4) is 0 Å². The summed E-state index contributed by atoms with van der Waals surface area (Å²) in [5, 5.41) is 2.96. The van der Waals surface area contributed by atoms with E-state index in [1.54, 1.807) is 12.4 Å². The lowest BCUT2D eigenvalue weighted by Gasteiger charge is -2.23. The molecule has 0 bridgehead atoms. The SMILES string of the molecule is CN(CCc1ccncc1)CC(=O)NC(C)(C)C. The summed E-state index contributed by atoms with van der Waals surface area (Å²) in [6, 6.07) is 4.01. The molecule has 100 valence electrons. The maximum Gasteiger partial charge on any atom is 0.234 e. The first kappa shape index (κ1) is 14.6. The third-order valence-electron chi connectivity index (χ3n) is 2.46. The first-order chi connectivity index (χ1) is 8.37. The Labute approximate surface area is 109 Å². The summed E-state index contributed by atoms with van der Waals surface area (Å²) < 4.78 is 0. The molecule has 0 spiro atoms. The zero-order valence-electron chi connectivity index (χ0n) is 11.7. The van der Waals surface area contributed by atoms with Crippen LogP contribution in [0.4, 0.5) is 0 Å². The molecule has 1 aromatic rings. The van der Waals surface area contributed by atoms with Crippen LogP contribution in [0.25, 0.3) is 0 Å². The molecule has 1 amide bonds. The highest BCUT2D eigenvalue weighted by molar-refractivity contribution is 5.78. The fourth-order valence-electron chi connectivity index (χ4n) is 1.65. The number of carbonyl (C=O) groups is 1. The molecule has 1 rings (SSSR count). The van der Waals surface area contributed by atoms with Crippen molar-refractivity contribution >= 4 is 5.91 Å². The van der Waals surface area contributed by atoms with Crippen LogP contribution in [0.5, 0.6) is 0 Å². The summed E-state index contributed by atoms with van der Waals surface area (Å²) in [6.45, 7) is 7.26. The van der Waals surface area contributed by atoms with Crippen molar-refractivity contribution in [3.63, 3.8) is 0 Å². The standard InChI is InChI=1S/C14H23N3O/c1-14(2,3)16-13(18)11-17(4)10-7-12-5-8-15-9-6-12/h5-6,8-9H,7,10-11H2,1-4H3,(H,16,18). The van der Waals surface area contributed by atoms with E-state index >= 15 is 0 Å². The second-order valence-electron chi connectivity index (χ2n) is 5.64. The number of hydrogen-bond donors (Lipinski definition) is 1. The fourth-order valence-corrected chi connectivity index (χ4v) is 1.65. The van der Waals surface area contributed by atoms with Gasteiger partial charge in [0.2, 0.25) is 5.91 Å². The molecular weight excluding hydrogens is 226 g/mol. The molecule has 0 saturated heterocycles. The maximum absolute atomic E-state index is 11.7. The van der Waals surface area contributed by atoms with Gasteiger partial charge in [0.25, 0.3) is 0 Å². The minimum Gasteiger partial charge on any atom is -0.350 e. The molecule has 0 aliphatic rings. The summed E-state index contributed by atoms with van der Waals surface area (Å²) >= 11 is 0. The van der Waals surface area contributed by atoms with Crippen LogP contribution in [-0.2, 0) is 11.2 Å². The van der Waals surface area contributed by atoms with Crippen molar-refractivity contribution in [2.24, 2.45) is 0 Å². The van der Waals surface area contributed by atoms with Gasteiger partial charge < -0.3 is 5.32 Å². The van der Waals surface area contributed by atoms with Crippen molar-refractivity contribution in [2.75, 3.05) is 20.1 Å². The minimum absolute atomic E-state index is 0.0692. The van der Waals surface area contributed by atoms with E-state index in [1.165, 1.54) is 5.56 Å². The second kappa shape index (κ2) is 6.50. The zero-order valence-corrected chi connectivity index (χ0v) is 11.7. The molecule has 4 heteroatoms. The van der Waals surface area contributed by atoms with Crippen LogP contribution >= 0.6 is 0 Å². The third-order valence-corrected chi connectivity index (χ3v) is 2.46. The Balaban J connectivity index is 2.29. The summed E-state index contributed by atoms with van der Waals surface area (Å²) in [6.07, 6.45) is 4.52. The third kappa shape index (κ3) is 6.35. The molecule has 0 radical (unpaired) electrons. The summed E-state index contributed by atoms with van der Waals surface area (Å²) in [7, 11) is 1.96. The fraction of sp³-hybridized carbons (Fsp3) is 0.571. The molecule has 4 nitrogen and oxygen atoms in total. The maximum atomic E-state index is 11.7. The van der Waals surface area contributed by atoms with Crippen molar-refractivity contribution in [2.45, 2.75) is 32.7 Å². The Hall–Kier alpha value is -1.42. The molecule has 0 aliphatic heterocycles. The number of carbonyl (C=O) groups excluding carboxylic acids is 1. The number of nitrogens with zero attached hydrogens (tertiary/aromatic N) is 2. The molecule has 0 saturated carbocycles. The topological polar surface area (TPSA) is 45.2 Å². The van der Waals surface area contributed by atoms with E-state index < -0.39 is 0 Å². The van der Waals surface area contributed by atoms with E-state index in [-0.39, 0.29) is 11.4 Å². The first-order valence-electron chi connectivity index (χ1n) is 6.25. The molecule has 0 fully saturated rings. The van der Waals surface area contributed by atoms with Gasteiger partial charge in [-0.1, -0.05) is 0 Å². The van der Waals surface area contributed by atoms with Gasteiger partial charge in [-0.25, -0.2) is 0 Å². The quantitative estimate of drug-likeness (QED) is 0.859. The summed E-state index contributed by atoms with van der Waals surface area (Å²) in [5.41, 5.74) is 1.08. The molecule has 0 atom stereocenters. The van der Waals surface area contributed by atoms with Crippen molar-refractivity contribution in [3.05, 3.63) is 30.1 Å². The van der Waals surface area contributed by atoms with Gasteiger partial charge in [-0.2, -0.15) is 0 Å². The Bertz CT molecular complexity index is 370. The van der Waals surface area contributed by atoms with Gasteiger partial charge in [-0.15, -0.1) is 0 Å². The Morgan fingerprint density at radius 1 is 1.33 bits per heavy atom. The normalized spacial score (nSPS) is 11.6. The number of likely N-dealkylation sites (N-methyl/N-ethyl adjacent to an activating group) is 1. The lowest BCUT2D eigenvalue weighted by atomic mass is 10.1. The minimum atomic E-state index is -0.164. The van der Waals surface area contributed by atoms with Crippen LogP contribution in [-0.4, -0.2) is 41.5 Å². The number of amides is 1. The van der Waals surface area contributed by atoms with E-state index in [0.717, 1.165) is 13.0 Å². The van der Waals surface area contributed by atoms with Crippen LogP contribution in [0.1, 0.15) is 26.3 Å². The Morgan fingerprint density at radius 3 is 2.50 bits per heavy atom. The number of pyridine rings is 1. The second-order valence-corrected chi connectivity index (χ2v) is 5.64. The number of aromatic nitrogens is 1. The number of nitrogens with one attached hydrogen (secondary N) is 1. The lowest BCUT2D eigenvalue weighted by Crippen LogP contribution is -2.45. The highest BCUT2D eigenvalue weighted by Crippen LogP contribution is 2.00. The molecule has 1 heterocycles. The molecule has 0 aromatic carbocycles.